The second kappa shape index (κ2) is 9.30. The zero-order valence-corrected chi connectivity index (χ0v) is 20.9. The minimum absolute atomic E-state index is 0.00620. The molecule has 5 rings (SSSR count). The SMILES string of the molecule is COc1ccc(-n2c(C)cc([C@@H]3[C@@H](c4ccccn4)NC(=S)N3C3CCCC3)c2C)c([N+](=O)[O-])c1. The molecule has 3 aromatic rings. The van der Waals surface area contributed by atoms with E-state index in [1.54, 1.807) is 18.3 Å². The Bertz CT molecular complexity index is 1270. The van der Waals surface area contributed by atoms with Crippen molar-refractivity contribution < 1.29 is 9.66 Å². The number of hydrogen-bond acceptors (Lipinski definition) is 5. The van der Waals surface area contributed by atoms with Crippen LogP contribution in [-0.2, 0) is 0 Å². The number of pyridine rings is 1. The van der Waals surface area contributed by atoms with Gasteiger partial charge in [-0.1, -0.05) is 18.9 Å². The van der Waals surface area contributed by atoms with Gasteiger partial charge in [-0.25, -0.2) is 0 Å². The standard InChI is InChI=1S/C26H29N5O3S/c1-16-14-20(17(2)29(16)22-12-11-19(34-3)15-23(22)31(32)33)25-24(21-10-6-7-13-27-21)28-26(35)30(25)18-8-4-5-9-18/h6-7,10-15,18,24-25H,4-5,8-9H2,1-3H3,(H,28,35)/t24-,25-/m1/s1. The molecule has 2 fully saturated rings. The lowest BCUT2D eigenvalue weighted by Crippen LogP contribution is -2.37. The lowest BCUT2D eigenvalue weighted by atomic mass is 9.95. The second-order valence-electron chi connectivity index (χ2n) is 9.25. The molecule has 0 bridgehead atoms. The summed E-state index contributed by atoms with van der Waals surface area (Å²) >= 11 is 5.87. The Morgan fingerprint density at radius 3 is 2.60 bits per heavy atom. The predicted octanol–water partition coefficient (Wildman–Crippen LogP) is 5.32. The average Bonchev–Trinajstić information content (AvgIpc) is 3.57. The molecular formula is C26H29N5O3S. The van der Waals surface area contributed by atoms with Crippen LogP contribution >= 0.6 is 12.2 Å². The Hall–Kier alpha value is -3.46. The van der Waals surface area contributed by atoms with Gasteiger partial charge in [0, 0.05) is 23.6 Å². The summed E-state index contributed by atoms with van der Waals surface area (Å²) in [7, 11) is 1.51. The first-order valence-electron chi connectivity index (χ1n) is 11.9. The van der Waals surface area contributed by atoms with Crippen LogP contribution in [0.4, 0.5) is 5.69 Å². The van der Waals surface area contributed by atoms with Crippen molar-refractivity contribution in [3.05, 3.63) is 81.4 Å². The molecule has 2 aromatic heterocycles. The fourth-order valence-electron chi connectivity index (χ4n) is 5.70. The minimum atomic E-state index is -0.357. The van der Waals surface area contributed by atoms with Crippen LogP contribution in [0, 0.1) is 24.0 Å². The van der Waals surface area contributed by atoms with Gasteiger partial charge < -0.3 is 19.5 Å². The van der Waals surface area contributed by atoms with E-state index in [1.165, 1.54) is 26.0 Å². The summed E-state index contributed by atoms with van der Waals surface area (Å²) in [6.07, 6.45) is 6.41. The first-order chi connectivity index (χ1) is 16.9. The minimum Gasteiger partial charge on any atom is -0.496 e. The highest BCUT2D eigenvalue weighted by atomic mass is 32.1. The van der Waals surface area contributed by atoms with E-state index in [2.05, 4.69) is 21.3 Å². The third-order valence-corrected chi connectivity index (χ3v) is 7.59. The van der Waals surface area contributed by atoms with Gasteiger partial charge in [-0.2, -0.15) is 0 Å². The zero-order valence-electron chi connectivity index (χ0n) is 20.1. The molecule has 182 valence electrons. The van der Waals surface area contributed by atoms with E-state index >= 15 is 0 Å². The van der Waals surface area contributed by atoms with Crippen LogP contribution in [0.5, 0.6) is 5.75 Å². The molecule has 0 unspecified atom stereocenters. The number of rotatable bonds is 6. The number of nitrogens with one attached hydrogen (secondary N) is 1. The molecule has 1 aliphatic carbocycles. The van der Waals surface area contributed by atoms with E-state index in [-0.39, 0.29) is 22.7 Å². The summed E-state index contributed by atoms with van der Waals surface area (Å²) in [6, 6.07) is 13.3. The van der Waals surface area contributed by atoms with Gasteiger partial charge in [0.15, 0.2) is 5.11 Å². The van der Waals surface area contributed by atoms with E-state index in [1.807, 2.05) is 36.6 Å². The Balaban J connectivity index is 1.66. The summed E-state index contributed by atoms with van der Waals surface area (Å²) in [5.41, 5.74) is 4.44. The van der Waals surface area contributed by atoms with Crippen molar-refractivity contribution in [2.45, 2.75) is 57.7 Å². The Labute approximate surface area is 210 Å². The van der Waals surface area contributed by atoms with Gasteiger partial charge >= 0.3 is 0 Å². The maximum absolute atomic E-state index is 11.9. The van der Waals surface area contributed by atoms with Crippen molar-refractivity contribution in [3.63, 3.8) is 0 Å². The number of nitro groups is 1. The van der Waals surface area contributed by atoms with Crippen molar-refractivity contribution in [1.29, 1.82) is 0 Å². The van der Waals surface area contributed by atoms with Gasteiger partial charge in [0.1, 0.15) is 11.4 Å². The van der Waals surface area contributed by atoms with Crippen LogP contribution in [0.15, 0.2) is 48.7 Å². The van der Waals surface area contributed by atoms with Crippen molar-refractivity contribution in [2.24, 2.45) is 0 Å². The lowest BCUT2D eigenvalue weighted by molar-refractivity contribution is -0.384. The molecule has 1 aromatic carbocycles. The number of ether oxygens (including phenoxy) is 1. The summed E-state index contributed by atoms with van der Waals surface area (Å²) in [6.45, 7) is 4.01. The molecular weight excluding hydrogens is 462 g/mol. The quantitative estimate of drug-likeness (QED) is 0.284. The van der Waals surface area contributed by atoms with Crippen molar-refractivity contribution >= 4 is 23.0 Å². The third-order valence-electron chi connectivity index (χ3n) is 7.26. The van der Waals surface area contributed by atoms with Gasteiger partial charge in [0.25, 0.3) is 5.69 Å². The molecule has 1 saturated carbocycles. The maximum Gasteiger partial charge on any atom is 0.296 e. The van der Waals surface area contributed by atoms with E-state index in [9.17, 15) is 10.1 Å². The monoisotopic (exact) mass is 491 g/mol. The molecule has 9 heteroatoms. The van der Waals surface area contributed by atoms with Crippen molar-refractivity contribution in [2.75, 3.05) is 7.11 Å². The largest absolute Gasteiger partial charge is 0.496 e. The Kier molecular flexibility index (Phi) is 6.19. The van der Waals surface area contributed by atoms with Gasteiger partial charge in [-0.15, -0.1) is 0 Å². The zero-order chi connectivity index (χ0) is 24.7. The molecule has 1 aliphatic heterocycles. The van der Waals surface area contributed by atoms with E-state index in [0.717, 1.165) is 40.6 Å². The second-order valence-corrected chi connectivity index (χ2v) is 9.63. The molecule has 35 heavy (non-hydrogen) atoms. The highest BCUT2D eigenvalue weighted by molar-refractivity contribution is 7.80. The van der Waals surface area contributed by atoms with E-state index in [0.29, 0.717) is 17.5 Å². The highest BCUT2D eigenvalue weighted by Crippen LogP contribution is 2.45. The van der Waals surface area contributed by atoms with Gasteiger partial charge in [0.05, 0.1) is 35.9 Å². The van der Waals surface area contributed by atoms with Crippen LogP contribution in [0.3, 0.4) is 0 Å². The van der Waals surface area contributed by atoms with Crippen molar-refractivity contribution in [1.82, 2.24) is 19.8 Å². The molecule has 2 aliphatic rings. The molecule has 3 heterocycles. The smallest absolute Gasteiger partial charge is 0.296 e. The number of nitro benzene ring substituents is 1. The number of aromatic nitrogens is 2. The Morgan fingerprint density at radius 1 is 1.17 bits per heavy atom. The maximum atomic E-state index is 11.9. The summed E-state index contributed by atoms with van der Waals surface area (Å²) in [4.78, 5) is 18.6. The molecule has 0 radical (unpaired) electrons. The van der Waals surface area contributed by atoms with Crippen LogP contribution in [-0.4, -0.2) is 37.6 Å². The van der Waals surface area contributed by atoms with Crippen LogP contribution in [0.25, 0.3) is 5.69 Å². The normalized spacial score (nSPS) is 20.3. The Morgan fingerprint density at radius 2 is 1.94 bits per heavy atom. The molecule has 8 nitrogen and oxygen atoms in total. The predicted molar refractivity (Wildman–Crippen MR) is 138 cm³/mol. The fourth-order valence-corrected chi connectivity index (χ4v) is 6.09. The first kappa shape index (κ1) is 23.3. The summed E-state index contributed by atoms with van der Waals surface area (Å²) < 4.78 is 7.21. The lowest BCUT2D eigenvalue weighted by Gasteiger charge is -2.33. The van der Waals surface area contributed by atoms with Gasteiger partial charge in [-0.05, 0) is 74.8 Å². The van der Waals surface area contributed by atoms with Gasteiger partial charge in [0.2, 0.25) is 0 Å². The van der Waals surface area contributed by atoms with E-state index in [4.69, 9.17) is 17.0 Å². The molecule has 0 amide bonds. The molecule has 2 atom stereocenters. The summed E-state index contributed by atoms with van der Waals surface area (Å²) in [5, 5.41) is 16.2. The van der Waals surface area contributed by atoms with Crippen molar-refractivity contribution in [3.8, 4) is 11.4 Å². The molecule has 0 spiro atoms. The van der Waals surface area contributed by atoms with Crippen LogP contribution < -0.4 is 10.1 Å². The van der Waals surface area contributed by atoms with Crippen LogP contribution in [0.1, 0.15) is 60.4 Å². The highest BCUT2D eigenvalue weighted by Gasteiger charge is 2.45. The fraction of sp³-hybridized carbons (Fsp3) is 0.385. The third kappa shape index (κ3) is 4.03. The first-order valence-corrected chi connectivity index (χ1v) is 12.3. The van der Waals surface area contributed by atoms with Crippen LogP contribution in [0.2, 0.25) is 0 Å². The average molecular weight is 492 g/mol. The number of methoxy groups -OCH3 is 1. The topological polar surface area (TPSA) is 85.5 Å². The van der Waals surface area contributed by atoms with Gasteiger partial charge in [-0.3, -0.25) is 15.1 Å². The number of hydrogen-bond donors (Lipinski definition) is 1. The number of nitrogens with zero attached hydrogens (tertiary/aromatic N) is 4. The molecule has 1 saturated heterocycles. The van der Waals surface area contributed by atoms with E-state index < -0.39 is 0 Å². The number of aryl methyl sites for hydroxylation is 1. The number of thiocarbonyl (C=S) groups is 1. The summed E-state index contributed by atoms with van der Waals surface area (Å²) in [5.74, 6) is 0.455. The number of benzene rings is 1. The molecule has 1 N–H and O–H groups in total.